The number of hydrogen-bond donors (Lipinski definition) is 0. The molecule has 0 bridgehead atoms. The number of amides is 1. The highest BCUT2D eigenvalue weighted by atomic mass is 16.5. The lowest BCUT2D eigenvalue weighted by molar-refractivity contribution is 0.0780. The Balaban J connectivity index is 1.51. The van der Waals surface area contributed by atoms with Gasteiger partial charge in [0.15, 0.2) is 5.69 Å². The molecular weight excluding hydrogens is 294 g/mol. The van der Waals surface area contributed by atoms with Crippen molar-refractivity contribution >= 4 is 5.91 Å². The predicted octanol–water partition coefficient (Wildman–Crippen LogP) is 1.20. The normalized spacial score (nSPS) is 18.4. The second-order valence-corrected chi connectivity index (χ2v) is 6.42. The zero-order valence-electron chi connectivity index (χ0n) is 13.4. The van der Waals surface area contributed by atoms with E-state index >= 15 is 0 Å². The van der Waals surface area contributed by atoms with Gasteiger partial charge in [-0.05, 0) is 12.8 Å². The van der Waals surface area contributed by atoms with E-state index in [1.807, 2.05) is 29.0 Å². The molecule has 1 fully saturated rings. The Morgan fingerprint density at radius 2 is 2.13 bits per heavy atom. The molecule has 4 heterocycles. The summed E-state index contributed by atoms with van der Waals surface area (Å²) in [6.07, 6.45) is 6.88. The smallest absolute Gasteiger partial charge is 0.276 e. The number of aryl methyl sites for hydroxylation is 1. The molecule has 7 heteroatoms. The Hall–Kier alpha value is -2.15. The molecule has 0 aromatic carbocycles. The minimum absolute atomic E-state index is 0.0238. The van der Waals surface area contributed by atoms with Crippen molar-refractivity contribution in [3.05, 3.63) is 35.0 Å². The molecule has 23 heavy (non-hydrogen) atoms. The first-order valence-corrected chi connectivity index (χ1v) is 8.17. The van der Waals surface area contributed by atoms with E-state index in [-0.39, 0.29) is 5.91 Å². The summed E-state index contributed by atoms with van der Waals surface area (Å²) in [6, 6.07) is 0. The first kappa shape index (κ1) is 14.4. The first-order valence-electron chi connectivity index (χ1n) is 8.17. The van der Waals surface area contributed by atoms with Gasteiger partial charge in [-0.15, -0.1) is 0 Å². The highest BCUT2D eigenvalue weighted by Gasteiger charge is 2.30. The molecule has 0 unspecified atom stereocenters. The van der Waals surface area contributed by atoms with E-state index in [1.165, 1.54) is 5.56 Å². The maximum Gasteiger partial charge on any atom is 0.276 e. The summed E-state index contributed by atoms with van der Waals surface area (Å²) in [5.74, 6) is 0.894. The molecule has 1 saturated heterocycles. The van der Waals surface area contributed by atoms with Crippen LogP contribution in [-0.4, -0.2) is 50.3 Å². The average Bonchev–Trinajstić information content (AvgIpc) is 3.27. The molecule has 2 aromatic heterocycles. The van der Waals surface area contributed by atoms with Gasteiger partial charge in [0.25, 0.3) is 5.91 Å². The van der Waals surface area contributed by atoms with Crippen molar-refractivity contribution in [3.63, 3.8) is 0 Å². The van der Waals surface area contributed by atoms with E-state index in [1.54, 1.807) is 0 Å². The van der Waals surface area contributed by atoms with Crippen LogP contribution in [0.2, 0.25) is 0 Å². The molecule has 1 amide bonds. The molecular formula is C16H21N5O2. The van der Waals surface area contributed by atoms with E-state index in [9.17, 15) is 4.79 Å². The van der Waals surface area contributed by atoms with E-state index < -0.39 is 0 Å². The third-order valence-electron chi connectivity index (χ3n) is 4.67. The Labute approximate surface area is 134 Å². The minimum Gasteiger partial charge on any atom is -0.360 e. The quantitative estimate of drug-likeness (QED) is 0.851. The molecule has 0 aliphatic carbocycles. The molecule has 122 valence electrons. The van der Waals surface area contributed by atoms with Crippen molar-refractivity contribution < 1.29 is 9.32 Å². The number of carbonyl (C=O) groups excluding carboxylic acids is 1. The molecule has 0 saturated carbocycles. The van der Waals surface area contributed by atoms with Crippen LogP contribution in [0.5, 0.6) is 0 Å². The van der Waals surface area contributed by atoms with Gasteiger partial charge in [0.05, 0.1) is 6.20 Å². The Morgan fingerprint density at radius 1 is 1.30 bits per heavy atom. The number of likely N-dealkylation sites (tertiary alicyclic amines) is 1. The number of fused-ring (bicyclic) bond motifs is 1. The van der Waals surface area contributed by atoms with E-state index in [0.29, 0.717) is 12.2 Å². The van der Waals surface area contributed by atoms with E-state index in [4.69, 9.17) is 4.52 Å². The third-order valence-corrected chi connectivity index (χ3v) is 4.67. The maximum atomic E-state index is 12.6. The molecule has 7 nitrogen and oxygen atoms in total. The van der Waals surface area contributed by atoms with Crippen LogP contribution >= 0.6 is 0 Å². The molecule has 0 atom stereocenters. The van der Waals surface area contributed by atoms with Crippen LogP contribution in [0, 0.1) is 0 Å². The van der Waals surface area contributed by atoms with Crippen LogP contribution in [0.15, 0.2) is 16.9 Å². The summed E-state index contributed by atoms with van der Waals surface area (Å²) in [6.45, 7) is 4.12. The standard InChI is InChI=1S/C16H21N5O2/c1-19-9-12(8-17-19)10-20-7-4-14-13(11-20)15(18-23-14)16(22)21-5-2-3-6-21/h8-9H,2-7,10-11H2,1H3. The van der Waals surface area contributed by atoms with E-state index in [2.05, 4.69) is 15.2 Å². The van der Waals surface area contributed by atoms with E-state index in [0.717, 1.165) is 56.8 Å². The molecule has 0 radical (unpaired) electrons. The largest absolute Gasteiger partial charge is 0.360 e. The van der Waals surface area contributed by atoms with Gasteiger partial charge >= 0.3 is 0 Å². The Kier molecular flexibility index (Phi) is 3.65. The van der Waals surface area contributed by atoms with Crippen molar-refractivity contribution in [2.45, 2.75) is 32.4 Å². The van der Waals surface area contributed by atoms with Crippen LogP contribution in [0.25, 0.3) is 0 Å². The molecule has 0 spiro atoms. The Bertz CT molecular complexity index is 714. The number of carbonyl (C=O) groups is 1. The van der Waals surface area contributed by atoms with Crippen molar-refractivity contribution in [2.24, 2.45) is 7.05 Å². The monoisotopic (exact) mass is 315 g/mol. The van der Waals surface area contributed by atoms with Gasteiger partial charge in [0.2, 0.25) is 0 Å². The highest BCUT2D eigenvalue weighted by molar-refractivity contribution is 5.94. The second kappa shape index (κ2) is 5.81. The first-order chi connectivity index (χ1) is 11.2. The lowest BCUT2D eigenvalue weighted by Crippen LogP contribution is -2.33. The summed E-state index contributed by atoms with van der Waals surface area (Å²) in [5.41, 5.74) is 2.66. The SMILES string of the molecule is Cn1cc(CN2CCc3onc(C(=O)N4CCCC4)c3C2)cn1. The lowest BCUT2D eigenvalue weighted by Gasteiger charge is -2.25. The summed E-state index contributed by atoms with van der Waals surface area (Å²) < 4.78 is 7.24. The van der Waals surface area contributed by atoms with Gasteiger partial charge in [-0.2, -0.15) is 5.10 Å². The fourth-order valence-corrected chi connectivity index (χ4v) is 3.45. The van der Waals surface area contributed by atoms with Gasteiger partial charge in [-0.25, -0.2) is 0 Å². The van der Waals surface area contributed by atoms with Gasteiger partial charge in [0, 0.05) is 63.5 Å². The summed E-state index contributed by atoms with van der Waals surface area (Å²) in [7, 11) is 1.92. The molecule has 2 aromatic rings. The van der Waals surface area contributed by atoms with Crippen LogP contribution < -0.4 is 0 Å². The van der Waals surface area contributed by atoms with Gasteiger partial charge in [-0.3, -0.25) is 14.4 Å². The number of aromatic nitrogens is 3. The fourth-order valence-electron chi connectivity index (χ4n) is 3.45. The maximum absolute atomic E-state index is 12.6. The number of nitrogens with zero attached hydrogens (tertiary/aromatic N) is 5. The average molecular weight is 315 g/mol. The molecule has 2 aliphatic rings. The summed E-state index contributed by atoms with van der Waals surface area (Å²) in [4.78, 5) is 16.8. The Morgan fingerprint density at radius 3 is 2.87 bits per heavy atom. The number of rotatable bonds is 3. The molecule has 4 rings (SSSR count). The van der Waals surface area contributed by atoms with Crippen molar-refractivity contribution in [1.82, 2.24) is 24.7 Å². The fraction of sp³-hybridized carbons (Fsp3) is 0.562. The van der Waals surface area contributed by atoms with Crippen LogP contribution in [-0.2, 0) is 26.6 Å². The minimum atomic E-state index is 0.0238. The zero-order chi connectivity index (χ0) is 15.8. The zero-order valence-corrected chi connectivity index (χ0v) is 13.4. The van der Waals surface area contributed by atoms with Gasteiger partial charge in [0.1, 0.15) is 5.76 Å². The second-order valence-electron chi connectivity index (χ2n) is 6.42. The van der Waals surface area contributed by atoms with Crippen LogP contribution in [0.3, 0.4) is 0 Å². The van der Waals surface area contributed by atoms with Crippen molar-refractivity contribution in [2.75, 3.05) is 19.6 Å². The third kappa shape index (κ3) is 2.76. The summed E-state index contributed by atoms with van der Waals surface area (Å²) >= 11 is 0. The molecule has 0 N–H and O–H groups in total. The highest BCUT2D eigenvalue weighted by Crippen LogP contribution is 2.25. The van der Waals surface area contributed by atoms with Gasteiger partial charge < -0.3 is 9.42 Å². The van der Waals surface area contributed by atoms with Crippen molar-refractivity contribution in [3.8, 4) is 0 Å². The predicted molar refractivity (Wildman–Crippen MR) is 82.7 cm³/mol. The topological polar surface area (TPSA) is 67.4 Å². The van der Waals surface area contributed by atoms with Crippen LogP contribution in [0.1, 0.15) is 40.2 Å². The number of hydrogen-bond acceptors (Lipinski definition) is 5. The van der Waals surface area contributed by atoms with Crippen molar-refractivity contribution in [1.29, 1.82) is 0 Å². The summed E-state index contributed by atoms with van der Waals surface area (Å²) in [5, 5.41) is 8.29. The molecule has 2 aliphatic heterocycles. The lowest BCUT2D eigenvalue weighted by atomic mass is 10.0. The van der Waals surface area contributed by atoms with Gasteiger partial charge in [-0.1, -0.05) is 5.16 Å². The van der Waals surface area contributed by atoms with Crippen LogP contribution in [0.4, 0.5) is 0 Å².